The highest BCUT2D eigenvalue weighted by atomic mass is 127. The van der Waals surface area contributed by atoms with Gasteiger partial charge >= 0.3 is 0 Å². The summed E-state index contributed by atoms with van der Waals surface area (Å²) >= 11 is 0. The second-order valence-electron chi connectivity index (χ2n) is 7.24. The van der Waals surface area contributed by atoms with Gasteiger partial charge in [0.05, 0.1) is 12.3 Å². The number of halogens is 1. The molecule has 1 saturated heterocycles. The standard InChI is InChI=1S/C17H36N4O2S.HI/c1-6-18-17(20-15(4)9-12-24(5,22)23)19-13-16(14(2)3)21-10-7-8-11-21;/h14-16H,6-13H2,1-5H3,(H2,18,19,20);1H. The van der Waals surface area contributed by atoms with Crippen LogP contribution in [0.25, 0.3) is 0 Å². The van der Waals surface area contributed by atoms with Crippen LogP contribution in [0.5, 0.6) is 0 Å². The largest absolute Gasteiger partial charge is 0.357 e. The molecule has 1 rings (SSSR count). The van der Waals surface area contributed by atoms with Gasteiger partial charge in [-0.05, 0) is 52.1 Å². The maximum Gasteiger partial charge on any atom is 0.191 e. The van der Waals surface area contributed by atoms with Crippen molar-refractivity contribution in [2.75, 3.05) is 38.2 Å². The van der Waals surface area contributed by atoms with E-state index in [9.17, 15) is 8.42 Å². The summed E-state index contributed by atoms with van der Waals surface area (Å²) in [5, 5.41) is 6.60. The van der Waals surface area contributed by atoms with Crippen LogP contribution in [0.3, 0.4) is 0 Å². The molecule has 0 spiro atoms. The molecule has 1 heterocycles. The van der Waals surface area contributed by atoms with Crippen molar-refractivity contribution in [1.82, 2.24) is 15.5 Å². The Morgan fingerprint density at radius 3 is 2.28 bits per heavy atom. The Bertz CT molecular complexity index is 491. The first-order chi connectivity index (χ1) is 11.2. The molecular formula is C17H37IN4O2S. The summed E-state index contributed by atoms with van der Waals surface area (Å²) in [6.07, 6.45) is 4.44. The highest BCUT2D eigenvalue weighted by molar-refractivity contribution is 14.0. The molecule has 2 atom stereocenters. The van der Waals surface area contributed by atoms with Crippen molar-refractivity contribution in [3.05, 3.63) is 0 Å². The molecule has 25 heavy (non-hydrogen) atoms. The molecule has 0 bridgehead atoms. The first-order valence-electron chi connectivity index (χ1n) is 9.19. The van der Waals surface area contributed by atoms with Crippen LogP contribution >= 0.6 is 24.0 Å². The van der Waals surface area contributed by atoms with Gasteiger partial charge in [-0.2, -0.15) is 0 Å². The second-order valence-corrected chi connectivity index (χ2v) is 9.50. The van der Waals surface area contributed by atoms with Crippen LogP contribution in [-0.2, 0) is 9.84 Å². The minimum Gasteiger partial charge on any atom is -0.357 e. The van der Waals surface area contributed by atoms with Crippen LogP contribution in [0.15, 0.2) is 4.99 Å². The number of rotatable bonds is 9. The molecule has 8 heteroatoms. The van der Waals surface area contributed by atoms with Gasteiger partial charge in [-0.15, -0.1) is 24.0 Å². The molecule has 0 amide bonds. The van der Waals surface area contributed by atoms with Crippen LogP contribution < -0.4 is 10.6 Å². The number of likely N-dealkylation sites (tertiary alicyclic amines) is 1. The van der Waals surface area contributed by atoms with Gasteiger partial charge in [-0.25, -0.2) is 8.42 Å². The number of aliphatic imine (C=N–C) groups is 1. The Hall–Kier alpha value is -0.0900. The van der Waals surface area contributed by atoms with Crippen molar-refractivity contribution in [1.29, 1.82) is 0 Å². The molecule has 2 N–H and O–H groups in total. The van der Waals surface area contributed by atoms with Gasteiger partial charge in [-0.1, -0.05) is 13.8 Å². The molecule has 0 aliphatic carbocycles. The Balaban J connectivity index is 0.00000576. The fourth-order valence-corrected chi connectivity index (χ4v) is 3.80. The normalized spacial score (nSPS) is 18.7. The van der Waals surface area contributed by atoms with E-state index >= 15 is 0 Å². The van der Waals surface area contributed by atoms with E-state index in [4.69, 9.17) is 4.99 Å². The number of hydrogen-bond donors (Lipinski definition) is 2. The molecule has 0 saturated carbocycles. The third-order valence-corrected chi connectivity index (χ3v) is 5.44. The van der Waals surface area contributed by atoms with Crippen molar-refractivity contribution < 1.29 is 8.42 Å². The molecule has 0 aromatic rings. The maximum absolute atomic E-state index is 11.3. The van der Waals surface area contributed by atoms with Gasteiger partial charge in [0.1, 0.15) is 9.84 Å². The lowest BCUT2D eigenvalue weighted by atomic mass is 10.0. The Morgan fingerprint density at radius 1 is 1.20 bits per heavy atom. The van der Waals surface area contributed by atoms with E-state index in [0.29, 0.717) is 18.4 Å². The van der Waals surface area contributed by atoms with E-state index in [0.717, 1.165) is 19.0 Å². The third kappa shape index (κ3) is 10.6. The van der Waals surface area contributed by atoms with Crippen molar-refractivity contribution in [3.63, 3.8) is 0 Å². The summed E-state index contributed by atoms with van der Waals surface area (Å²) in [5.41, 5.74) is 0. The summed E-state index contributed by atoms with van der Waals surface area (Å²) < 4.78 is 22.6. The zero-order valence-electron chi connectivity index (χ0n) is 16.4. The predicted molar refractivity (Wildman–Crippen MR) is 118 cm³/mol. The molecule has 0 radical (unpaired) electrons. The predicted octanol–water partition coefficient (Wildman–Crippen LogP) is 2.10. The van der Waals surface area contributed by atoms with Gasteiger partial charge in [0.25, 0.3) is 0 Å². The summed E-state index contributed by atoms with van der Waals surface area (Å²) in [6.45, 7) is 12.5. The zero-order chi connectivity index (χ0) is 18.2. The smallest absolute Gasteiger partial charge is 0.191 e. The fraction of sp³-hybridized carbons (Fsp3) is 0.941. The lowest BCUT2D eigenvalue weighted by Crippen LogP contribution is -2.45. The van der Waals surface area contributed by atoms with Crippen LogP contribution in [0.1, 0.15) is 47.0 Å². The molecule has 1 aliphatic heterocycles. The SMILES string of the molecule is CCNC(=NCC(C(C)C)N1CCCC1)NC(C)CCS(C)(=O)=O.I. The molecule has 6 nitrogen and oxygen atoms in total. The number of nitrogens with one attached hydrogen (secondary N) is 2. The molecule has 150 valence electrons. The average Bonchev–Trinajstić information content (AvgIpc) is 2.98. The summed E-state index contributed by atoms with van der Waals surface area (Å²) in [4.78, 5) is 7.31. The quantitative estimate of drug-likeness (QED) is 0.296. The number of nitrogens with zero attached hydrogens (tertiary/aromatic N) is 2. The van der Waals surface area contributed by atoms with E-state index in [1.807, 2.05) is 13.8 Å². The zero-order valence-corrected chi connectivity index (χ0v) is 19.6. The Morgan fingerprint density at radius 2 is 1.80 bits per heavy atom. The molecule has 1 aliphatic rings. The van der Waals surface area contributed by atoms with E-state index in [-0.39, 0.29) is 35.8 Å². The van der Waals surface area contributed by atoms with Gasteiger partial charge in [-0.3, -0.25) is 9.89 Å². The minimum atomic E-state index is -2.92. The van der Waals surface area contributed by atoms with E-state index < -0.39 is 9.84 Å². The molecule has 0 aromatic heterocycles. The Kier molecular flexibility index (Phi) is 12.3. The van der Waals surface area contributed by atoms with Crippen LogP contribution in [-0.4, -0.2) is 69.5 Å². The lowest BCUT2D eigenvalue weighted by molar-refractivity contribution is 0.197. The molecular weight excluding hydrogens is 451 g/mol. The lowest BCUT2D eigenvalue weighted by Gasteiger charge is -2.30. The summed E-state index contributed by atoms with van der Waals surface area (Å²) in [5.74, 6) is 1.55. The van der Waals surface area contributed by atoms with Crippen LogP contribution in [0.2, 0.25) is 0 Å². The van der Waals surface area contributed by atoms with E-state index in [2.05, 4.69) is 29.4 Å². The van der Waals surface area contributed by atoms with Crippen LogP contribution in [0, 0.1) is 5.92 Å². The summed E-state index contributed by atoms with van der Waals surface area (Å²) in [7, 11) is -2.92. The number of hydrogen-bond acceptors (Lipinski definition) is 4. The van der Waals surface area contributed by atoms with E-state index in [1.165, 1.54) is 32.2 Å². The van der Waals surface area contributed by atoms with Gasteiger partial charge in [0.2, 0.25) is 0 Å². The van der Waals surface area contributed by atoms with Gasteiger partial charge in [0.15, 0.2) is 5.96 Å². The van der Waals surface area contributed by atoms with E-state index in [1.54, 1.807) is 0 Å². The van der Waals surface area contributed by atoms with Gasteiger partial charge in [0, 0.05) is 24.9 Å². The number of guanidine groups is 1. The first-order valence-corrected chi connectivity index (χ1v) is 11.3. The number of sulfone groups is 1. The first kappa shape index (κ1) is 24.9. The second kappa shape index (κ2) is 12.3. The fourth-order valence-electron chi connectivity index (χ4n) is 3.02. The monoisotopic (exact) mass is 488 g/mol. The van der Waals surface area contributed by atoms with Crippen molar-refractivity contribution in [2.24, 2.45) is 10.9 Å². The topological polar surface area (TPSA) is 73.8 Å². The van der Waals surface area contributed by atoms with Crippen molar-refractivity contribution in [2.45, 2.75) is 59.0 Å². The van der Waals surface area contributed by atoms with Gasteiger partial charge < -0.3 is 10.6 Å². The Labute approximate surface area is 171 Å². The highest BCUT2D eigenvalue weighted by Crippen LogP contribution is 2.17. The molecule has 0 aromatic carbocycles. The third-order valence-electron chi connectivity index (χ3n) is 4.46. The highest BCUT2D eigenvalue weighted by Gasteiger charge is 2.24. The van der Waals surface area contributed by atoms with Crippen molar-refractivity contribution >= 4 is 39.8 Å². The van der Waals surface area contributed by atoms with Crippen LogP contribution in [0.4, 0.5) is 0 Å². The molecule has 2 unspecified atom stereocenters. The minimum absolute atomic E-state index is 0. The summed E-state index contributed by atoms with van der Waals surface area (Å²) in [6, 6.07) is 0.538. The average molecular weight is 488 g/mol. The molecule has 1 fully saturated rings. The van der Waals surface area contributed by atoms with Crippen molar-refractivity contribution in [3.8, 4) is 0 Å². The maximum atomic E-state index is 11.3.